The second-order valence-corrected chi connectivity index (χ2v) is 18.0. The normalized spacial score (nSPS) is 15.5. The van der Waals surface area contributed by atoms with Crippen LogP contribution in [-0.2, 0) is 40.6 Å². The van der Waals surface area contributed by atoms with Crippen LogP contribution >= 0.6 is 0 Å². The van der Waals surface area contributed by atoms with Gasteiger partial charge in [0.05, 0.1) is 45.0 Å². The Labute approximate surface area is 411 Å². The van der Waals surface area contributed by atoms with Gasteiger partial charge in [0.1, 0.15) is 18.2 Å². The van der Waals surface area contributed by atoms with Crippen molar-refractivity contribution in [1.29, 1.82) is 0 Å². The van der Waals surface area contributed by atoms with Crippen molar-refractivity contribution in [3.8, 4) is 28.8 Å². The van der Waals surface area contributed by atoms with Crippen molar-refractivity contribution in [3.05, 3.63) is 123 Å². The molecule has 1 unspecified atom stereocenters. The van der Waals surface area contributed by atoms with Crippen molar-refractivity contribution in [1.82, 2.24) is 29.1 Å². The van der Waals surface area contributed by atoms with Crippen molar-refractivity contribution in [3.63, 3.8) is 0 Å². The standard InChI is InChI=1S/C52H52F4N10O6/c1-5-65-44(26-34-24-35(52(54,55)56)27-40(47(34)65)49(70)59-36-10-13-41(53)39(28-36)48(57)69)38-12-11-37(66-29-58-63(4)51(66)72)25-33(38)8-6-7-31-17-20-64(21-18-31)22-19-32-9-14-42(45(23-32)61(2)30-67)62(3)43-15-16-46(68)60-50(43)71/h9-14,23-31,43H,5,7,15-22H2,1-4H3,(H2,57,69)(H,59,70)(H,60,68,71). The zero-order valence-electron chi connectivity index (χ0n) is 40.0. The zero-order chi connectivity index (χ0) is 51.6. The molecule has 0 spiro atoms. The third-order valence-electron chi connectivity index (χ3n) is 13.4. The minimum Gasteiger partial charge on any atom is -0.366 e. The number of anilines is 3. The highest BCUT2D eigenvalue weighted by atomic mass is 19.4. The van der Waals surface area contributed by atoms with Crippen LogP contribution in [0.15, 0.2) is 83.9 Å². The number of nitrogens with two attached hydrogens (primary N) is 1. The maximum atomic E-state index is 14.4. The summed E-state index contributed by atoms with van der Waals surface area (Å²) in [7, 11) is 4.95. The fourth-order valence-corrected chi connectivity index (χ4v) is 9.44. The first kappa shape index (κ1) is 50.3. The molecule has 0 radical (unpaired) electrons. The minimum absolute atomic E-state index is 0.0561. The third kappa shape index (κ3) is 10.5. The second kappa shape index (κ2) is 20.7. The van der Waals surface area contributed by atoms with E-state index in [9.17, 15) is 46.3 Å². The minimum atomic E-state index is -4.83. The van der Waals surface area contributed by atoms with Gasteiger partial charge in [-0.2, -0.15) is 18.3 Å². The Morgan fingerprint density at radius 2 is 1.72 bits per heavy atom. The molecule has 2 aromatic heterocycles. The van der Waals surface area contributed by atoms with E-state index < -0.39 is 46.7 Å². The van der Waals surface area contributed by atoms with E-state index in [0.29, 0.717) is 46.7 Å². The number of imide groups is 1. The summed E-state index contributed by atoms with van der Waals surface area (Å²) in [5.74, 6) is 3.30. The molecule has 20 heteroatoms. The number of halogens is 4. The number of fused-ring (bicyclic) bond motifs is 1. The van der Waals surface area contributed by atoms with Gasteiger partial charge in [-0.15, -0.1) is 0 Å². The average molecular weight is 989 g/mol. The van der Waals surface area contributed by atoms with Crippen LogP contribution in [0.3, 0.4) is 0 Å². The van der Waals surface area contributed by atoms with Crippen LogP contribution in [0.4, 0.5) is 34.6 Å². The lowest BCUT2D eigenvalue weighted by atomic mass is 9.93. The van der Waals surface area contributed by atoms with Crippen molar-refractivity contribution in [2.45, 2.75) is 64.2 Å². The summed E-state index contributed by atoms with van der Waals surface area (Å²) < 4.78 is 61.9. The summed E-state index contributed by atoms with van der Waals surface area (Å²) in [6, 6.07) is 16.8. The van der Waals surface area contributed by atoms with Gasteiger partial charge >= 0.3 is 11.9 Å². The quantitative estimate of drug-likeness (QED) is 0.0490. The van der Waals surface area contributed by atoms with E-state index in [1.807, 2.05) is 18.2 Å². The largest absolute Gasteiger partial charge is 0.416 e. The predicted molar refractivity (Wildman–Crippen MR) is 263 cm³/mol. The lowest BCUT2D eigenvalue weighted by Gasteiger charge is -2.34. The lowest BCUT2D eigenvalue weighted by molar-refractivity contribution is -0.137. The SMILES string of the molecule is CCn1c(-c2ccc(-n3cnn(C)c3=O)cc2C#CCC2CCN(CCc3ccc(N(C)C4CCC(=O)NC4=O)c(N(C)C=O)c3)CC2)cc2cc(C(F)(F)F)cc(C(=O)Nc3ccc(F)c(C(N)=O)c3)c21. The predicted octanol–water partition coefficient (Wildman–Crippen LogP) is 6.25. The average Bonchev–Trinajstić information content (AvgIpc) is 3.90. The molecule has 374 valence electrons. The number of piperidine rings is 2. The van der Waals surface area contributed by atoms with Crippen molar-refractivity contribution in [2.24, 2.45) is 18.7 Å². The molecule has 2 fully saturated rings. The number of rotatable bonds is 14. The molecule has 6 aromatic rings. The molecule has 0 bridgehead atoms. The van der Waals surface area contributed by atoms with E-state index in [1.54, 1.807) is 54.8 Å². The molecule has 2 aliphatic rings. The molecule has 0 aliphatic carbocycles. The number of hydrogen-bond acceptors (Lipinski definition) is 9. The molecule has 16 nitrogen and oxygen atoms in total. The third-order valence-corrected chi connectivity index (χ3v) is 13.4. The van der Waals surface area contributed by atoms with E-state index in [2.05, 4.69) is 32.5 Å². The summed E-state index contributed by atoms with van der Waals surface area (Å²) in [6.45, 7) is 4.43. The van der Waals surface area contributed by atoms with Crippen LogP contribution in [0.5, 0.6) is 0 Å². The Bertz CT molecular complexity index is 3250. The number of carbonyl (C=O) groups excluding carboxylic acids is 5. The monoisotopic (exact) mass is 988 g/mol. The molecule has 2 aliphatic heterocycles. The van der Waals surface area contributed by atoms with E-state index in [-0.39, 0.29) is 52.9 Å². The molecule has 4 N–H and O–H groups in total. The van der Waals surface area contributed by atoms with Crippen LogP contribution in [0.2, 0.25) is 0 Å². The molecular formula is C52H52F4N10O6. The summed E-state index contributed by atoms with van der Waals surface area (Å²) >= 11 is 0. The first-order valence-corrected chi connectivity index (χ1v) is 23.3. The van der Waals surface area contributed by atoms with Crippen LogP contribution in [0, 0.1) is 23.6 Å². The number of aromatic nitrogens is 4. The molecule has 4 heterocycles. The van der Waals surface area contributed by atoms with Gasteiger partial charge in [-0.1, -0.05) is 17.9 Å². The molecule has 4 aromatic carbocycles. The highest BCUT2D eigenvalue weighted by Gasteiger charge is 2.34. The van der Waals surface area contributed by atoms with Crippen LogP contribution < -0.4 is 31.9 Å². The fourth-order valence-electron chi connectivity index (χ4n) is 9.44. The maximum absolute atomic E-state index is 14.4. The second-order valence-electron chi connectivity index (χ2n) is 18.0. The molecule has 5 amide bonds. The number of alkyl halides is 3. The van der Waals surface area contributed by atoms with E-state index in [4.69, 9.17) is 5.73 Å². The first-order valence-electron chi connectivity index (χ1n) is 23.3. The number of hydrogen-bond donors (Lipinski definition) is 3. The number of amides is 5. The number of benzene rings is 4. The van der Waals surface area contributed by atoms with E-state index >= 15 is 0 Å². The summed E-state index contributed by atoms with van der Waals surface area (Å²) in [5.41, 5.74) is 7.44. The number of aryl methyl sites for hydroxylation is 2. The topological polar surface area (TPSA) is 190 Å². The maximum Gasteiger partial charge on any atom is 0.416 e. The number of primary amides is 1. The van der Waals surface area contributed by atoms with Gasteiger partial charge in [0.25, 0.3) is 11.8 Å². The smallest absolute Gasteiger partial charge is 0.366 e. The van der Waals surface area contributed by atoms with Gasteiger partial charge in [-0.25, -0.2) is 18.4 Å². The number of likely N-dealkylation sites (N-methyl/N-ethyl adjacent to an activating group) is 1. The highest BCUT2D eigenvalue weighted by molar-refractivity contribution is 6.13. The molecule has 1 atom stereocenters. The van der Waals surface area contributed by atoms with Crippen molar-refractivity contribution < 1.29 is 41.5 Å². The lowest BCUT2D eigenvalue weighted by Crippen LogP contribution is -2.51. The van der Waals surface area contributed by atoms with E-state index in [1.165, 1.54) is 33.6 Å². The Kier molecular flexibility index (Phi) is 14.5. The molecule has 8 rings (SSSR count). The molecule has 2 saturated heterocycles. The summed E-state index contributed by atoms with van der Waals surface area (Å²) in [5, 5.41) is 9.10. The first-order chi connectivity index (χ1) is 34.3. The number of nitrogens with zero attached hydrogens (tertiary/aromatic N) is 7. The van der Waals surface area contributed by atoms with Gasteiger partial charge in [0.2, 0.25) is 18.2 Å². The Balaban J connectivity index is 1.03. The van der Waals surface area contributed by atoms with E-state index in [0.717, 1.165) is 75.1 Å². The van der Waals surface area contributed by atoms with Gasteiger partial charge in [-0.3, -0.25) is 29.3 Å². The molecule has 72 heavy (non-hydrogen) atoms. The van der Waals surface area contributed by atoms with Crippen LogP contribution in [-0.4, -0.2) is 93.6 Å². The number of carbonyl (C=O) groups is 5. The Morgan fingerprint density at radius 3 is 2.39 bits per heavy atom. The van der Waals surface area contributed by atoms with Gasteiger partial charge in [-0.05, 0) is 124 Å². The Morgan fingerprint density at radius 1 is 0.958 bits per heavy atom. The molecular weight excluding hydrogens is 937 g/mol. The van der Waals surface area contributed by atoms with Crippen LogP contribution in [0.25, 0.3) is 27.8 Å². The van der Waals surface area contributed by atoms with Gasteiger partial charge in [0.15, 0.2) is 0 Å². The van der Waals surface area contributed by atoms with Crippen molar-refractivity contribution >= 4 is 58.0 Å². The zero-order valence-corrected chi connectivity index (χ0v) is 40.0. The fraction of sp³-hybridized carbons (Fsp3) is 0.327. The number of likely N-dealkylation sites (tertiary alicyclic amines) is 1. The van der Waals surface area contributed by atoms with Crippen LogP contribution in [0.1, 0.15) is 76.4 Å². The number of nitrogens with one attached hydrogen (secondary N) is 2. The van der Waals surface area contributed by atoms with Gasteiger partial charge in [0, 0.05) is 69.3 Å². The van der Waals surface area contributed by atoms with Gasteiger partial charge < -0.3 is 30.3 Å². The van der Waals surface area contributed by atoms with Crippen molar-refractivity contribution in [2.75, 3.05) is 48.8 Å². The highest BCUT2D eigenvalue weighted by Crippen LogP contribution is 2.39. The summed E-state index contributed by atoms with van der Waals surface area (Å²) in [6.07, 6.45) is 0.886. The Hall–Kier alpha value is -8.05. The molecule has 0 saturated carbocycles. The summed E-state index contributed by atoms with van der Waals surface area (Å²) in [4.78, 5) is 80.8.